The maximum absolute atomic E-state index is 11.9. The van der Waals surface area contributed by atoms with Crippen LogP contribution in [0.2, 0.25) is 0 Å². The van der Waals surface area contributed by atoms with Crippen LogP contribution in [0.25, 0.3) is 0 Å². The zero-order valence-electron chi connectivity index (χ0n) is 11.4. The molecule has 0 unspecified atom stereocenters. The number of benzene rings is 1. The van der Waals surface area contributed by atoms with Gasteiger partial charge >= 0.3 is 6.18 Å². The Bertz CT molecular complexity index is 530. The van der Waals surface area contributed by atoms with Crippen molar-refractivity contribution in [1.29, 1.82) is 0 Å². The minimum atomic E-state index is -4.42. The quantitative estimate of drug-likeness (QED) is 0.717. The summed E-state index contributed by atoms with van der Waals surface area (Å²) in [6.45, 7) is 0.641. The summed E-state index contributed by atoms with van der Waals surface area (Å²) in [5, 5.41) is 3.02. The molecule has 120 valence electrons. The Labute approximate surface area is 121 Å². The number of anilines is 1. The zero-order valence-corrected chi connectivity index (χ0v) is 12.2. The number of rotatable bonds is 8. The van der Waals surface area contributed by atoms with Gasteiger partial charge in [-0.15, -0.1) is 0 Å². The van der Waals surface area contributed by atoms with Crippen molar-refractivity contribution in [3.8, 4) is 0 Å². The highest BCUT2D eigenvalue weighted by atomic mass is 32.2. The molecule has 0 atom stereocenters. The van der Waals surface area contributed by atoms with Gasteiger partial charge in [0, 0.05) is 18.8 Å². The standard InChI is InChI=1S/C12H17F3N2O3S/c1-2-16-10-3-5-11(6-4-10)21(18,19)17-7-8-20-9-12(13,14)15/h3-6,16-17H,2,7-9H2,1H3. The fourth-order valence-electron chi connectivity index (χ4n) is 1.48. The predicted octanol–water partition coefficient (Wildman–Crippen LogP) is 1.98. The van der Waals surface area contributed by atoms with Crippen molar-refractivity contribution in [2.24, 2.45) is 0 Å². The lowest BCUT2D eigenvalue weighted by atomic mass is 10.3. The molecular weight excluding hydrogens is 309 g/mol. The third-order valence-corrected chi connectivity index (χ3v) is 3.83. The van der Waals surface area contributed by atoms with Crippen molar-refractivity contribution < 1.29 is 26.3 Å². The minimum absolute atomic E-state index is 0.0416. The maximum atomic E-state index is 11.9. The van der Waals surface area contributed by atoms with Gasteiger partial charge in [-0.05, 0) is 31.2 Å². The summed E-state index contributed by atoms with van der Waals surface area (Å²) in [6, 6.07) is 6.05. The number of hydrogen-bond donors (Lipinski definition) is 2. The molecule has 0 radical (unpaired) electrons. The van der Waals surface area contributed by atoms with Gasteiger partial charge in [-0.25, -0.2) is 13.1 Å². The second kappa shape index (κ2) is 7.62. The van der Waals surface area contributed by atoms with Crippen LogP contribution in [0.1, 0.15) is 6.92 Å². The molecule has 1 aromatic carbocycles. The molecule has 0 aliphatic carbocycles. The highest BCUT2D eigenvalue weighted by Gasteiger charge is 2.27. The van der Waals surface area contributed by atoms with Crippen LogP contribution in [0.5, 0.6) is 0 Å². The van der Waals surface area contributed by atoms with Crippen LogP contribution < -0.4 is 10.0 Å². The van der Waals surface area contributed by atoms with E-state index in [9.17, 15) is 21.6 Å². The molecule has 1 rings (SSSR count). The molecule has 0 spiro atoms. The monoisotopic (exact) mass is 326 g/mol. The average Bonchev–Trinajstić information content (AvgIpc) is 2.38. The first kappa shape index (κ1) is 17.7. The second-order valence-electron chi connectivity index (χ2n) is 4.12. The largest absolute Gasteiger partial charge is 0.411 e. The van der Waals surface area contributed by atoms with Crippen LogP contribution in [0, 0.1) is 0 Å². The molecule has 0 amide bonds. The van der Waals surface area contributed by atoms with Gasteiger partial charge in [0.05, 0.1) is 11.5 Å². The highest BCUT2D eigenvalue weighted by molar-refractivity contribution is 7.89. The summed E-state index contributed by atoms with van der Waals surface area (Å²) in [4.78, 5) is 0.0416. The van der Waals surface area contributed by atoms with Crippen molar-refractivity contribution in [3.05, 3.63) is 24.3 Å². The summed E-state index contributed by atoms with van der Waals surface area (Å²) < 4.78 is 65.6. The van der Waals surface area contributed by atoms with Gasteiger partial charge < -0.3 is 10.1 Å². The zero-order chi connectivity index (χ0) is 15.9. The van der Waals surface area contributed by atoms with Crippen molar-refractivity contribution in [2.45, 2.75) is 18.0 Å². The van der Waals surface area contributed by atoms with Gasteiger partial charge in [0.15, 0.2) is 0 Å². The van der Waals surface area contributed by atoms with E-state index in [4.69, 9.17) is 0 Å². The fourth-order valence-corrected chi connectivity index (χ4v) is 2.49. The van der Waals surface area contributed by atoms with Gasteiger partial charge in [-0.2, -0.15) is 13.2 Å². The normalized spacial score (nSPS) is 12.4. The van der Waals surface area contributed by atoms with Crippen LogP contribution in [-0.4, -0.2) is 40.9 Å². The first-order valence-corrected chi connectivity index (χ1v) is 7.71. The lowest BCUT2D eigenvalue weighted by molar-refractivity contribution is -0.173. The van der Waals surface area contributed by atoms with Gasteiger partial charge in [-0.1, -0.05) is 0 Å². The Hall–Kier alpha value is -1.32. The maximum Gasteiger partial charge on any atom is 0.411 e. The molecule has 5 nitrogen and oxygen atoms in total. The smallest absolute Gasteiger partial charge is 0.385 e. The number of ether oxygens (including phenoxy) is 1. The van der Waals surface area contributed by atoms with E-state index in [2.05, 4.69) is 14.8 Å². The molecule has 0 saturated carbocycles. The molecule has 0 aliphatic rings. The Kier molecular flexibility index (Phi) is 6.43. The molecule has 0 aromatic heterocycles. The first-order valence-electron chi connectivity index (χ1n) is 6.23. The lowest BCUT2D eigenvalue weighted by Crippen LogP contribution is -2.29. The molecule has 9 heteroatoms. The number of alkyl halides is 3. The average molecular weight is 326 g/mol. The number of nitrogens with one attached hydrogen (secondary N) is 2. The van der Waals surface area contributed by atoms with E-state index in [0.29, 0.717) is 6.54 Å². The van der Waals surface area contributed by atoms with E-state index in [0.717, 1.165) is 5.69 Å². The molecule has 0 aliphatic heterocycles. The third kappa shape index (κ3) is 6.78. The van der Waals surface area contributed by atoms with Crippen LogP contribution >= 0.6 is 0 Å². The van der Waals surface area contributed by atoms with Crippen molar-refractivity contribution in [1.82, 2.24) is 4.72 Å². The minimum Gasteiger partial charge on any atom is -0.385 e. The summed E-state index contributed by atoms with van der Waals surface area (Å²) in [7, 11) is -3.75. The second-order valence-corrected chi connectivity index (χ2v) is 5.89. The number of hydrogen-bond acceptors (Lipinski definition) is 4. The number of sulfonamides is 1. The van der Waals surface area contributed by atoms with Crippen LogP contribution in [0.3, 0.4) is 0 Å². The molecule has 0 saturated heterocycles. The van der Waals surface area contributed by atoms with Crippen molar-refractivity contribution in [2.75, 3.05) is 31.6 Å². The Morgan fingerprint density at radius 3 is 2.33 bits per heavy atom. The Morgan fingerprint density at radius 2 is 1.81 bits per heavy atom. The van der Waals surface area contributed by atoms with Crippen LogP contribution in [0.4, 0.5) is 18.9 Å². The topological polar surface area (TPSA) is 67.4 Å². The highest BCUT2D eigenvalue weighted by Crippen LogP contribution is 2.15. The number of halogens is 3. The van der Waals surface area contributed by atoms with E-state index >= 15 is 0 Å². The fraction of sp³-hybridized carbons (Fsp3) is 0.500. The van der Waals surface area contributed by atoms with E-state index < -0.39 is 22.8 Å². The molecular formula is C12H17F3N2O3S. The lowest BCUT2D eigenvalue weighted by Gasteiger charge is -2.10. The predicted molar refractivity (Wildman–Crippen MR) is 72.7 cm³/mol. The Morgan fingerprint density at radius 1 is 1.19 bits per heavy atom. The summed E-state index contributed by atoms with van der Waals surface area (Å²) in [6.07, 6.45) is -4.42. The van der Waals surface area contributed by atoms with Crippen LogP contribution in [0.15, 0.2) is 29.2 Å². The van der Waals surface area contributed by atoms with E-state index in [1.54, 1.807) is 12.1 Å². The van der Waals surface area contributed by atoms with Crippen molar-refractivity contribution >= 4 is 15.7 Å². The molecule has 0 bridgehead atoms. The molecule has 0 fully saturated rings. The third-order valence-electron chi connectivity index (χ3n) is 2.35. The summed E-state index contributed by atoms with van der Waals surface area (Å²) >= 11 is 0. The molecule has 2 N–H and O–H groups in total. The molecule has 0 heterocycles. The van der Waals surface area contributed by atoms with Gasteiger partial charge in [0.2, 0.25) is 10.0 Å². The van der Waals surface area contributed by atoms with Crippen LogP contribution in [-0.2, 0) is 14.8 Å². The molecule has 21 heavy (non-hydrogen) atoms. The van der Waals surface area contributed by atoms with E-state index in [1.807, 2.05) is 6.92 Å². The SMILES string of the molecule is CCNc1ccc(S(=O)(=O)NCCOCC(F)(F)F)cc1. The van der Waals surface area contributed by atoms with E-state index in [1.165, 1.54) is 12.1 Å². The summed E-state index contributed by atoms with van der Waals surface area (Å²) in [5.74, 6) is 0. The molecule has 1 aromatic rings. The summed E-state index contributed by atoms with van der Waals surface area (Å²) in [5.41, 5.74) is 0.782. The van der Waals surface area contributed by atoms with Gasteiger partial charge in [0.25, 0.3) is 0 Å². The van der Waals surface area contributed by atoms with Gasteiger partial charge in [-0.3, -0.25) is 0 Å². The van der Waals surface area contributed by atoms with Gasteiger partial charge in [0.1, 0.15) is 6.61 Å². The van der Waals surface area contributed by atoms with E-state index in [-0.39, 0.29) is 18.0 Å². The first-order chi connectivity index (χ1) is 9.74. The van der Waals surface area contributed by atoms with Crippen molar-refractivity contribution in [3.63, 3.8) is 0 Å². The Balaban J connectivity index is 2.46.